The van der Waals surface area contributed by atoms with Crippen LogP contribution in [-0.2, 0) is 0 Å². The summed E-state index contributed by atoms with van der Waals surface area (Å²) in [6.07, 6.45) is 5.27. The van der Waals surface area contributed by atoms with E-state index in [9.17, 15) is 4.39 Å². The molecule has 0 aromatic rings. The van der Waals surface area contributed by atoms with E-state index >= 15 is 0 Å². The van der Waals surface area contributed by atoms with Gasteiger partial charge in [-0.05, 0) is 12.8 Å². The van der Waals surface area contributed by atoms with Crippen LogP contribution in [0, 0.1) is 0 Å². The van der Waals surface area contributed by atoms with Gasteiger partial charge in [0, 0.05) is 0 Å². The van der Waals surface area contributed by atoms with Crippen LogP contribution in [0.15, 0.2) is 12.4 Å². The van der Waals surface area contributed by atoms with Crippen LogP contribution in [0.5, 0.6) is 0 Å². The van der Waals surface area contributed by atoms with Gasteiger partial charge in [-0.2, -0.15) is 0 Å². The van der Waals surface area contributed by atoms with Crippen LogP contribution in [0.4, 0.5) is 4.39 Å². The zero-order valence-corrected chi connectivity index (χ0v) is 4.65. The summed E-state index contributed by atoms with van der Waals surface area (Å²) in [7, 11) is 0. The maximum atomic E-state index is 11.1. The molecule has 0 saturated carbocycles. The Morgan fingerprint density at radius 1 is 1.57 bits per heavy atom. The Morgan fingerprint density at radius 2 is 2.29 bits per heavy atom. The Labute approximate surface area is 44.0 Å². The minimum atomic E-state index is 0.607. The average Bonchev–Trinajstić information content (AvgIpc) is 1.69. The third-order valence-corrected chi connectivity index (χ3v) is 0.813. The Morgan fingerprint density at radius 3 is 2.71 bits per heavy atom. The lowest BCUT2D eigenvalue weighted by molar-refractivity contribution is 0.706. The quantitative estimate of drug-likeness (QED) is 0.480. The van der Waals surface area contributed by atoms with E-state index in [1.54, 1.807) is 6.08 Å². The smallest absolute Gasteiger partial charge is 0.0827 e. The number of hydrogen-bond donors (Lipinski definition) is 0. The highest BCUT2D eigenvalue weighted by Gasteiger charge is 1.74. The number of hydrogen-bond acceptors (Lipinski definition) is 0. The molecule has 0 aliphatic carbocycles. The van der Waals surface area contributed by atoms with Gasteiger partial charge in [-0.15, -0.1) is 0 Å². The van der Waals surface area contributed by atoms with E-state index in [1.165, 1.54) is 0 Å². The number of unbranched alkanes of at least 4 members (excludes halogenated alkanes) is 2. The average molecular weight is 102 g/mol. The van der Waals surface area contributed by atoms with E-state index in [0.717, 1.165) is 19.3 Å². The second-order valence-corrected chi connectivity index (χ2v) is 1.50. The molecule has 0 aromatic carbocycles. The summed E-state index contributed by atoms with van der Waals surface area (Å²) in [5.41, 5.74) is 0. The van der Waals surface area contributed by atoms with E-state index in [2.05, 4.69) is 6.92 Å². The van der Waals surface area contributed by atoms with E-state index in [1.807, 2.05) is 0 Å². The minimum Gasteiger partial charge on any atom is -0.216 e. The summed E-state index contributed by atoms with van der Waals surface area (Å²) in [5, 5.41) is 0. The molecule has 42 valence electrons. The lowest BCUT2D eigenvalue weighted by atomic mass is 10.2. The Bertz CT molecular complexity index is 48.1. The molecule has 0 nitrogen and oxygen atoms in total. The Hall–Kier alpha value is -0.330. The van der Waals surface area contributed by atoms with Crippen molar-refractivity contribution < 1.29 is 4.39 Å². The first kappa shape index (κ1) is 6.67. The zero-order chi connectivity index (χ0) is 5.54. The third kappa shape index (κ3) is 5.67. The molecule has 0 N–H and O–H groups in total. The fraction of sp³-hybridized carbons (Fsp3) is 0.667. The van der Waals surface area contributed by atoms with Crippen molar-refractivity contribution in [1.29, 1.82) is 0 Å². The summed E-state index contributed by atoms with van der Waals surface area (Å²) in [5.74, 6) is 0. The van der Waals surface area contributed by atoms with Crippen LogP contribution in [0.1, 0.15) is 26.2 Å². The molecule has 0 radical (unpaired) electrons. The normalized spacial score (nSPS) is 10.6. The van der Waals surface area contributed by atoms with Crippen LogP contribution in [-0.4, -0.2) is 0 Å². The highest BCUT2D eigenvalue weighted by Crippen LogP contribution is 1.93. The fourth-order valence-corrected chi connectivity index (χ4v) is 0.385. The van der Waals surface area contributed by atoms with Crippen molar-refractivity contribution in [2.45, 2.75) is 26.2 Å². The summed E-state index contributed by atoms with van der Waals surface area (Å²) >= 11 is 0. The lowest BCUT2D eigenvalue weighted by Crippen LogP contribution is -1.63. The second kappa shape index (κ2) is 5.67. The van der Waals surface area contributed by atoms with Gasteiger partial charge >= 0.3 is 0 Å². The first-order chi connectivity index (χ1) is 3.41. The lowest BCUT2D eigenvalue weighted by Gasteiger charge is -1.82. The first-order valence-corrected chi connectivity index (χ1v) is 2.67. The molecule has 0 saturated heterocycles. The first-order valence-electron chi connectivity index (χ1n) is 2.67. The molecule has 0 fully saturated rings. The van der Waals surface area contributed by atoms with E-state index in [4.69, 9.17) is 0 Å². The van der Waals surface area contributed by atoms with Gasteiger partial charge in [-0.1, -0.05) is 19.4 Å². The standard InChI is InChI=1S/C6H11F/c1-2-3-4-5-6-7/h5-6H,2-4H2,1H3/b6-5+. The molecule has 7 heavy (non-hydrogen) atoms. The highest BCUT2D eigenvalue weighted by atomic mass is 19.1. The van der Waals surface area contributed by atoms with E-state index in [0.29, 0.717) is 6.33 Å². The van der Waals surface area contributed by atoms with Crippen molar-refractivity contribution in [2.24, 2.45) is 0 Å². The van der Waals surface area contributed by atoms with Crippen molar-refractivity contribution in [3.8, 4) is 0 Å². The summed E-state index contributed by atoms with van der Waals surface area (Å²) in [6, 6.07) is 0. The summed E-state index contributed by atoms with van der Waals surface area (Å²) < 4.78 is 11.1. The van der Waals surface area contributed by atoms with Crippen LogP contribution in [0.2, 0.25) is 0 Å². The molecule has 1 heteroatoms. The molecule has 0 amide bonds. The number of halogens is 1. The third-order valence-electron chi connectivity index (χ3n) is 0.813. The maximum Gasteiger partial charge on any atom is 0.0827 e. The summed E-state index contributed by atoms with van der Waals surface area (Å²) in [4.78, 5) is 0. The van der Waals surface area contributed by atoms with Crippen LogP contribution >= 0.6 is 0 Å². The van der Waals surface area contributed by atoms with Crippen LogP contribution < -0.4 is 0 Å². The van der Waals surface area contributed by atoms with Crippen LogP contribution in [0.3, 0.4) is 0 Å². The van der Waals surface area contributed by atoms with Crippen LogP contribution in [0.25, 0.3) is 0 Å². The SMILES string of the molecule is CCCC/C=C/F. The predicted molar refractivity (Wildman–Crippen MR) is 29.8 cm³/mol. The van der Waals surface area contributed by atoms with Crippen molar-refractivity contribution >= 4 is 0 Å². The highest BCUT2D eigenvalue weighted by molar-refractivity contribution is 4.70. The molecule has 0 unspecified atom stereocenters. The summed E-state index contributed by atoms with van der Waals surface area (Å²) in [6.45, 7) is 2.09. The fourth-order valence-electron chi connectivity index (χ4n) is 0.385. The van der Waals surface area contributed by atoms with Crippen molar-refractivity contribution in [1.82, 2.24) is 0 Å². The van der Waals surface area contributed by atoms with Crippen molar-refractivity contribution in [3.05, 3.63) is 12.4 Å². The molecule has 0 atom stereocenters. The second-order valence-electron chi connectivity index (χ2n) is 1.50. The van der Waals surface area contributed by atoms with Gasteiger partial charge in [0.25, 0.3) is 0 Å². The Kier molecular flexibility index (Phi) is 5.40. The van der Waals surface area contributed by atoms with Gasteiger partial charge in [-0.3, -0.25) is 0 Å². The molecule has 0 heterocycles. The van der Waals surface area contributed by atoms with Gasteiger partial charge in [0.2, 0.25) is 0 Å². The molecular formula is C6H11F. The minimum absolute atomic E-state index is 0.607. The van der Waals surface area contributed by atoms with Crippen molar-refractivity contribution in [2.75, 3.05) is 0 Å². The van der Waals surface area contributed by atoms with Gasteiger partial charge < -0.3 is 0 Å². The molecule has 0 bridgehead atoms. The number of rotatable bonds is 3. The topological polar surface area (TPSA) is 0 Å². The van der Waals surface area contributed by atoms with Gasteiger partial charge in [-0.25, -0.2) is 4.39 Å². The molecule has 0 rings (SSSR count). The number of allylic oxidation sites excluding steroid dienone is 1. The maximum absolute atomic E-state index is 11.1. The zero-order valence-electron chi connectivity index (χ0n) is 4.65. The predicted octanol–water partition coefficient (Wildman–Crippen LogP) is 2.66. The molecule has 0 aliphatic heterocycles. The van der Waals surface area contributed by atoms with E-state index in [-0.39, 0.29) is 0 Å². The Balaban J connectivity index is 2.69. The van der Waals surface area contributed by atoms with Crippen molar-refractivity contribution in [3.63, 3.8) is 0 Å². The molecular weight excluding hydrogens is 91.1 g/mol. The van der Waals surface area contributed by atoms with Gasteiger partial charge in [0.05, 0.1) is 6.33 Å². The largest absolute Gasteiger partial charge is 0.216 e. The molecule has 0 spiro atoms. The molecule has 0 aromatic heterocycles. The monoisotopic (exact) mass is 102 g/mol. The molecule has 0 aliphatic rings. The van der Waals surface area contributed by atoms with Gasteiger partial charge in [0.15, 0.2) is 0 Å². The van der Waals surface area contributed by atoms with Gasteiger partial charge in [0.1, 0.15) is 0 Å². The van der Waals surface area contributed by atoms with E-state index < -0.39 is 0 Å².